The summed E-state index contributed by atoms with van der Waals surface area (Å²) in [6.07, 6.45) is 0. The first-order valence-electron chi connectivity index (χ1n) is 3.87. The largest absolute Gasteiger partial charge is 0.399 e. The van der Waals surface area contributed by atoms with E-state index in [4.69, 9.17) is 11.5 Å². The highest BCUT2D eigenvalue weighted by molar-refractivity contribution is 8.00. The highest BCUT2D eigenvalue weighted by atomic mass is 32.2. The predicted octanol–water partition coefficient (Wildman–Crippen LogP) is 1.15. The normalized spacial score (nSPS) is 9.92. The predicted molar refractivity (Wildman–Crippen MR) is 55.5 cm³/mol. The van der Waals surface area contributed by atoms with Gasteiger partial charge in [-0.1, -0.05) is 0 Å². The molecule has 0 aliphatic heterocycles. The quantitative estimate of drug-likeness (QED) is 0.563. The van der Waals surface area contributed by atoms with E-state index in [1.54, 1.807) is 0 Å². The summed E-state index contributed by atoms with van der Waals surface area (Å²) in [6.45, 7) is 1.96. The molecular weight excluding hydrogens is 184 g/mol. The summed E-state index contributed by atoms with van der Waals surface area (Å²) in [6, 6.07) is 5.60. The zero-order valence-electron chi connectivity index (χ0n) is 7.41. The maximum Gasteiger partial charge on any atom is 0.227 e. The molecule has 1 amide bonds. The standard InChI is InChI=1S/C9H12N2OS/c1-6-4-7(10)2-3-8(6)13-5-9(11)12/h2-4H,5,10H2,1H3,(H2,11,12). The summed E-state index contributed by atoms with van der Waals surface area (Å²) in [5.41, 5.74) is 12.4. The second kappa shape index (κ2) is 4.18. The minimum Gasteiger partial charge on any atom is -0.399 e. The van der Waals surface area contributed by atoms with Gasteiger partial charge in [0.15, 0.2) is 0 Å². The highest BCUT2D eigenvalue weighted by Gasteiger charge is 2.01. The van der Waals surface area contributed by atoms with Crippen LogP contribution in [0.4, 0.5) is 5.69 Å². The average molecular weight is 196 g/mol. The maximum absolute atomic E-state index is 10.5. The first-order valence-corrected chi connectivity index (χ1v) is 4.85. The summed E-state index contributed by atoms with van der Waals surface area (Å²) >= 11 is 1.43. The number of anilines is 1. The smallest absolute Gasteiger partial charge is 0.227 e. The fourth-order valence-electron chi connectivity index (χ4n) is 0.983. The lowest BCUT2D eigenvalue weighted by atomic mass is 10.2. The lowest BCUT2D eigenvalue weighted by Gasteiger charge is -2.04. The third kappa shape index (κ3) is 2.99. The number of nitrogens with two attached hydrogens (primary N) is 2. The highest BCUT2D eigenvalue weighted by Crippen LogP contribution is 2.23. The molecule has 70 valence electrons. The molecule has 0 radical (unpaired) electrons. The lowest BCUT2D eigenvalue weighted by Crippen LogP contribution is -2.13. The summed E-state index contributed by atoms with van der Waals surface area (Å²) < 4.78 is 0. The second-order valence-corrected chi connectivity index (χ2v) is 3.80. The van der Waals surface area contributed by atoms with Crippen LogP contribution in [0.15, 0.2) is 23.1 Å². The van der Waals surface area contributed by atoms with Crippen LogP contribution in [0.5, 0.6) is 0 Å². The molecule has 13 heavy (non-hydrogen) atoms. The third-order valence-electron chi connectivity index (χ3n) is 1.57. The molecule has 0 fully saturated rings. The van der Waals surface area contributed by atoms with E-state index in [0.717, 1.165) is 16.1 Å². The van der Waals surface area contributed by atoms with E-state index in [1.807, 2.05) is 25.1 Å². The SMILES string of the molecule is Cc1cc(N)ccc1SCC(N)=O. The lowest BCUT2D eigenvalue weighted by molar-refractivity contribution is -0.115. The first kappa shape index (κ1) is 9.92. The van der Waals surface area contributed by atoms with Crippen molar-refractivity contribution in [3.63, 3.8) is 0 Å². The van der Waals surface area contributed by atoms with Gasteiger partial charge in [0.05, 0.1) is 5.75 Å². The van der Waals surface area contributed by atoms with E-state index >= 15 is 0 Å². The van der Waals surface area contributed by atoms with E-state index in [9.17, 15) is 4.79 Å². The zero-order chi connectivity index (χ0) is 9.84. The molecule has 4 heteroatoms. The Labute approximate surface area is 81.5 Å². The summed E-state index contributed by atoms with van der Waals surface area (Å²) in [5, 5.41) is 0. The molecule has 0 unspecified atom stereocenters. The molecule has 0 aliphatic carbocycles. The Balaban J connectivity index is 2.72. The maximum atomic E-state index is 10.5. The van der Waals surface area contributed by atoms with E-state index in [-0.39, 0.29) is 5.91 Å². The number of hydrogen-bond donors (Lipinski definition) is 2. The van der Waals surface area contributed by atoms with Gasteiger partial charge < -0.3 is 11.5 Å². The van der Waals surface area contributed by atoms with Gasteiger partial charge in [0, 0.05) is 10.6 Å². The van der Waals surface area contributed by atoms with Gasteiger partial charge >= 0.3 is 0 Å². The number of amides is 1. The molecule has 3 nitrogen and oxygen atoms in total. The number of thioether (sulfide) groups is 1. The van der Waals surface area contributed by atoms with Crippen LogP contribution in [0, 0.1) is 6.92 Å². The van der Waals surface area contributed by atoms with Crippen LogP contribution >= 0.6 is 11.8 Å². The number of carbonyl (C=O) groups excluding carboxylic acids is 1. The molecule has 0 bridgehead atoms. The van der Waals surface area contributed by atoms with Gasteiger partial charge in [0.1, 0.15) is 0 Å². The van der Waals surface area contributed by atoms with Crippen molar-refractivity contribution < 1.29 is 4.79 Å². The third-order valence-corrected chi connectivity index (χ3v) is 2.77. The van der Waals surface area contributed by atoms with Gasteiger partial charge in [-0.25, -0.2) is 0 Å². The molecule has 1 aromatic rings. The monoisotopic (exact) mass is 196 g/mol. The van der Waals surface area contributed by atoms with Crippen LogP contribution in [0.25, 0.3) is 0 Å². The van der Waals surface area contributed by atoms with Crippen LogP contribution in [0.1, 0.15) is 5.56 Å². The molecule has 0 heterocycles. The first-order chi connectivity index (χ1) is 6.09. The number of carbonyl (C=O) groups is 1. The van der Waals surface area contributed by atoms with Crippen LogP contribution < -0.4 is 11.5 Å². The van der Waals surface area contributed by atoms with Crippen LogP contribution in [-0.4, -0.2) is 11.7 Å². The van der Waals surface area contributed by atoms with Crippen molar-refractivity contribution in [1.82, 2.24) is 0 Å². The summed E-state index contributed by atoms with van der Waals surface area (Å²) in [7, 11) is 0. The number of benzene rings is 1. The molecular formula is C9H12N2OS. The van der Waals surface area contributed by atoms with Crippen molar-refractivity contribution in [3.05, 3.63) is 23.8 Å². The second-order valence-electron chi connectivity index (χ2n) is 2.78. The number of hydrogen-bond acceptors (Lipinski definition) is 3. The van der Waals surface area contributed by atoms with Crippen molar-refractivity contribution in [2.45, 2.75) is 11.8 Å². The van der Waals surface area contributed by atoms with Gasteiger partial charge in [0.25, 0.3) is 0 Å². The fourth-order valence-corrected chi connectivity index (χ4v) is 1.73. The summed E-state index contributed by atoms with van der Waals surface area (Å²) in [5.74, 6) is 0.00585. The molecule has 0 spiro atoms. The Hall–Kier alpha value is -1.16. The molecule has 4 N–H and O–H groups in total. The Morgan fingerprint density at radius 1 is 1.54 bits per heavy atom. The molecule has 0 aromatic heterocycles. The van der Waals surface area contributed by atoms with E-state index in [0.29, 0.717) is 5.75 Å². The number of nitrogen functional groups attached to an aromatic ring is 1. The molecule has 0 aliphatic rings. The fraction of sp³-hybridized carbons (Fsp3) is 0.222. The van der Waals surface area contributed by atoms with Gasteiger partial charge in [0.2, 0.25) is 5.91 Å². The molecule has 0 saturated carbocycles. The van der Waals surface area contributed by atoms with Crippen molar-refractivity contribution in [1.29, 1.82) is 0 Å². The van der Waals surface area contributed by atoms with Gasteiger partial charge in [-0.2, -0.15) is 0 Å². The average Bonchev–Trinajstić information content (AvgIpc) is 2.02. The Bertz CT molecular complexity index is 325. The molecule has 1 rings (SSSR count). The Morgan fingerprint density at radius 2 is 2.23 bits per heavy atom. The van der Waals surface area contributed by atoms with Crippen LogP contribution in [0.2, 0.25) is 0 Å². The number of aryl methyl sites for hydroxylation is 1. The van der Waals surface area contributed by atoms with Crippen molar-refractivity contribution in [2.75, 3.05) is 11.5 Å². The van der Waals surface area contributed by atoms with E-state index in [1.165, 1.54) is 11.8 Å². The Morgan fingerprint density at radius 3 is 2.77 bits per heavy atom. The topological polar surface area (TPSA) is 69.1 Å². The van der Waals surface area contributed by atoms with Crippen LogP contribution in [0.3, 0.4) is 0 Å². The van der Waals surface area contributed by atoms with E-state index < -0.39 is 0 Å². The van der Waals surface area contributed by atoms with Gasteiger partial charge in [-0.05, 0) is 30.7 Å². The minimum absolute atomic E-state index is 0.304. The van der Waals surface area contributed by atoms with Gasteiger partial charge in [-0.3, -0.25) is 4.79 Å². The number of rotatable bonds is 3. The number of primary amides is 1. The van der Waals surface area contributed by atoms with Crippen LogP contribution in [-0.2, 0) is 4.79 Å². The van der Waals surface area contributed by atoms with Crippen molar-refractivity contribution in [2.24, 2.45) is 5.73 Å². The molecule has 0 atom stereocenters. The minimum atomic E-state index is -0.304. The Kier molecular flexibility index (Phi) is 3.19. The van der Waals surface area contributed by atoms with Gasteiger partial charge in [-0.15, -0.1) is 11.8 Å². The molecule has 0 saturated heterocycles. The van der Waals surface area contributed by atoms with Crippen molar-refractivity contribution >= 4 is 23.4 Å². The summed E-state index contributed by atoms with van der Waals surface area (Å²) in [4.78, 5) is 11.6. The van der Waals surface area contributed by atoms with E-state index in [2.05, 4.69) is 0 Å². The van der Waals surface area contributed by atoms with Crippen molar-refractivity contribution in [3.8, 4) is 0 Å². The molecule has 1 aromatic carbocycles. The zero-order valence-corrected chi connectivity index (χ0v) is 8.23.